The van der Waals surface area contributed by atoms with Crippen molar-refractivity contribution in [1.82, 2.24) is 9.80 Å². The lowest BCUT2D eigenvalue weighted by Gasteiger charge is -2.44. The van der Waals surface area contributed by atoms with Gasteiger partial charge in [0.05, 0.1) is 13.3 Å². The molecule has 0 aliphatic carbocycles. The van der Waals surface area contributed by atoms with Gasteiger partial charge < -0.3 is 9.64 Å². The van der Waals surface area contributed by atoms with Crippen molar-refractivity contribution in [2.75, 3.05) is 33.5 Å². The average Bonchev–Trinajstić information content (AvgIpc) is 2.55. The summed E-state index contributed by atoms with van der Waals surface area (Å²) in [5, 5.41) is 0. The first kappa shape index (κ1) is 10.4. The second kappa shape index (κ2) is 3.80. The van der Waals surface area contributed by atoms with Crippen molar-refractivity contribution in [1.29, 1.82) is 0 Å². The van der Waals surface area contributed by atoms with E-state index in [0.29, 0.717) is 11.6 Å². The molecular formula is C11H22N2O. The van der Waals surface area contributed by atoms with E-state index in [2.05, 4.69) is 30.7 Å². The Kier molecular flexibility index (Phi) is 2.82. The highest BCUT2D eigenvalue weighted by molar-refractivity contribution is 4.98. The first-order chi connectivity index (χ1) is 6.64. The highest BCUT2D eigenvalue weighted by Crippen LogP contribution is 2.34. The lowest BCUT2D eigenvalue weighted by atomic mass is 9.87. The molecule has 0 radical (unpaired) electrons. The van der Waals surface area contributed by atoms with Gasteiger partial charge in [-0.25, -0.2) is 0 Å². The minimum Gasteiger partial charge on any atom is -0.364 e. The third-order valence-electron chi connectivity index (χ3n) is 3.75. The fourth-order valence-electron chi connectivity index (χ4n) is 2.72. The van der Waals surface area contributed by atoms with Gasteiger partial charge in [-0.3, -0.25) is 4.90 Å². The van der Waals surface area contributed by atoms with Gasteiger partial charge in [0.2, 0.25) is 0 Å². The number of piperidine rings is 1. The number of rotatable bonds is 1. The minimum absolute atomic E-state index is 0.362. The summed E-state index contributed by atoms with van der Waals surface area (Å²) in [6.45, 7) is 8.75. The van der Waals surface area contributed by atoms with Gasteiger partial charge in [-0.15, -0.1) is 0 Å². The van der Waals surface area contributed by atoms with Crippen LogP contribution in [-0.4, -0.2) is 54.9 Å². The number of nitrogens with zero attached hydrogens (tertiary/aromatic N) is 2. The van der Waals surface area contributed by atoms with Crippen LogP contribution in [0.5, 0.6) is 0 Å². The zero-order chi connectivity index (χ0) is 10.2. The smallest absolute Gasteiger partial charge is 0.0998 e. The largest absolute Gasteiger partial charge is 0.364 e. The van der Waals surface area contributed by atoms with Crippen LogP contribution in [0.3, 0.4) is 0 Å². The van der Waals surface area contributed by atoms with E-state index >= 15 is 0 Å². The molecule has 2 aliphatic rings. The predicted octanol–water partition coefficient (Wildman–Crippen LogP) is 1.15. The zero-order valence-electron chi connectivity index (χ0n) is 9.62. The molecule has 2 fully saturated rings. The van der Waals surface area contributed by atoms with Crippen LogP contribution in [0, 0.1) is 0 Å². The van der Waals surface area contributed by atoms with Crippen LogP contribution in [0.25, 0.3) is 0 Å². The summed E-state index contributed by atoms with van der Waals surface area (Å²) in [5.41, 5.74) is 0.362. The summed E-state index contributed by atoms with van der Waals surface area (Å²) in [4.78, 5) is 4.96. The van der Waals surface area contributed by atoms with E-state index in [9.17, 15) is 0 Å². The van der Waals surface area contributed by atoms with Gasteiger partial charge in [-0.1, -0.05) is 0 Å². The molecule has 0 unspecified atom stereocenters. The molecule has 0 N–H and O–H groups in total. The highest BCUT2D eigenvalue weighted by Gasteiger charge is 2.44. The van der Waals surface area contributed by atoms with Crippen LogP contribution >= 0.6 is 0 Å². The van der Waals surface area contributed by atoms with Crippen LogP contribution in [0.1, 0.15) is 26.7 Å². The fourth-order valence-corrected chi connectivity index (χ4v) is 2.72. The van der Waals surface area contributed by atoms with Gasteiger partial charge in [0.1, 0.15) is 0 Å². The quantitative estimate of drug-likeness (QED) is 0.628. The first-order valence-electron chi connectivity index (χ1n) is 5.67. The summed E-state index contributed by atoms with van der Waals surface area (Å²) in [6.07, 6.45) is 2.53. The normalized spacial score (nSPS) is 29.1. The third kappa shape index (κ3) is 1.69. The molecule has 14 heavy (non-hydrogen) atoms. The number of ether oxygens (including phenoxy) is 1. The van der Waals surface area contributed by atoms with E-state index in [4.69, 9.17) is 4.74 Å². The summed E-state index contributed by atoms with van der Waals surface area (Å²) in [6, 6.07) is 0.612. The van der Waals surface area contributed by atoms with Gasteiger partial charge in [0.15, 0.2) is 0 Å². The second-order valence-corrected chi connectivity index (χ2v) is 5.07. The molecule has 0 atom stereocenters. The lowest BCUT2D eigenvalue weighted by Crippen LogP contribution is -2.55. The Labute approximate surface area is 87.0 Å². The van der Waals surface area contributed by atoms with E-state index in [1.54, 1.807) is 0 Å². The van der Waals surface area contributed by atoms with Crippen LogP contribution in [0.2, 0.25) is 0 Å². The Bertz CT molecular complexity index is 197. The highest BCUT2D eigenvalue weighted by atomic mass is 16.5. The van der Waals surface area contributed by atoms with Gasteiger partial charge >= 0.3 is 0 Å². The maximum Gasteiger partial charge on any atom is 0.0998 e. The van der Waals surface area contributed by atoms with Crippen molar-refractivity contribution >= 4 is 0 Å². The summed E-state index contributed by atoms with van der Waals surface area (Å²) >= 11 is 0. The van der Waals surface area contributed by atoms with Crippen molar-refractivity contribution in [3.8, 4) is 0 Å². The fraction of sp³-hybridized carbons (Fsp3) is 1.00. The molecule has 3 heteroatoms. The number of likely N-dealkylation sites (tertiary alicyclic amines) is 1. The van der Waals surface area contributed by atoms with Crippen molar-refractivity contribution in [2.24, 2.45) is 0 Å². The third-order valence-corrected chi connectivity index (χ3v) is 3.75. The molecule has 0 aromatic rings. The van der Waals surface area contributed by atoms with E-state index < -0.39 is 0 Å². The molecule has 3 nitrogen and oxygen atoms in total. The van der Waals surface area contributed by atoms with Crippen molar-refractivity contribution in [2.45, 2.75) is 38.3 Å². The molecule has 0 bridgehead atoms. The molecule has 2 saturated heterocycles. The predicted molar refractivity (Wildman–Crippen MR) is 57.3 cm³/mol. The zero-order valence-corrected chi connectivity index (χ0v) is 9.62. The SMILES string of the molecule is CC(C)N1COCC12CCN(C)CC2. The maximum absolute atomic E-state index is 5.65. The van der Waals surface area contributed by atoms with E-state index in [1.807, 2.05) is 0 Å². The Hall–Kier alpha value is -0.120. The molecule has 0 aromatic heterocycles. The van der Waals surface area contributed by atoms with Crippen LogP contribution in [-0.2, 0) is 4.74 Å². The van der Waals surface area contributed by atoms with Gasteiger partial charge in [0, 0.05) is 11.6 Å². The molecule has 0 saturated carbocycles. The van der Waals surface area contributed by atoms with Crippen molar-refractivity contribution in [3.05, 3.63) is 0 Å². The summed E-state index contributed by atoms with van der Waals surface area (Å²) in [5.74, 6) is 0. The number of hydrogen-bond acceptors (Lipinski definition) is 3. The van der Waals surface area contributed by atoms with Gasteiger partial charge in [0.25, 0.3) is 0 Å². The summed E-state index contributed by atoms with van der Waals surface area (Å²) in [7, 11) is 2.21. The molecule has 1 spiro atoms. The van der Waals surface area contributed by atoms with Crippen LogP contribution < -0.4 is 0 Å². The van der Waals surface area contributed by atoms with Crippen LogP contribution in [0.15, 0.2) is 0 Å². The first-order valence-corrected chi connectivity index (χ1v) is 5.67. The van der Waals surface area contributed by atoms with Gasteiger partial charge in [-0.05, 0) is 46.8 Å². The van der Waals surface area contributed by atoms with E-state index in [0.717, 1.165) is 13.3 Å². The molecule has 2 heterocycles. The van der Waals surface area contributed by atoms with E-state index in [-0.39, 0.29) is 0 Å². The van der Waals surface area contributed by atoms with Crippen LogP contribution in [0.4, 0.5) is 0 Å². The minimum atomic E-state index is 0.362. The van der Waals surface area contributed by atoms with Crippen molar-refractivity contribution < 1.29 is 4.74 Å². The number of hydrogen-bond donors (Lipinski definition) is 0. The Morgan fingerprint density at radius 3 is 2.43 bits per heavy atom. The molecule has 0 amide bonds. The van der Waals surface area contributed by atoms with Gasteiger partial charge in [-0.2, -0.15) is 0 Å². The Balaban J connectivity index is 2.06. The standard InChI is InChI=1S/C11H22N2O/c1-10(2)13-9-14-8-11(13)4-6-12(3)7-5-11/h10H,4-9H2,1-3H3. The molecule has 2 aliphatic heterocycles. The second-order valence-electron chi connectivity index (χ2n) is 5.07. The van der Waals surface area contributed by atoms with Crippen molar-refractivity contribution in [3.63, 3.8) is 0 Å². The maximum atomic E-state index is 5.65. The molecular weight excluding hydrogens is 176 g/mol. The lowest BCUT2D eigenvalue weighted by molar-refractivity contribution is 0.0459. The summed E-state index contributed by atoms with van der Waals surface area (Å²) < 4.78 is 5.65. The Morgan fingerprint density at radius 1 is 1.21 bits per heavy atom. The molecule has 82 valence electrons. The molecule has 2 rings (SSSR count). The topological polar surface area (TPSA) is 15.7 Å². The Morgan fingerprint density at radius 2 is 1.86 bits per heavy atom. The monoisotopic (exact) mass is 198 g/mol. The van der Waals surface area contributed by atoms with E-state index in [1.165, 1.54) is 25.9 Å². The molecule has 0 aromatic carbocycles. The average molecular weight is 198 g/mol.